The third kappa shape index (κ3) is 5.29. The van der Waals surface area contributed by atoms with Crippen molar-refractivity contribution in [2.45, 2.75) is 37.0 Å². The molecule has 1 aliphatic heterocycles. The van der Waals surface area contributed by atoms with Gasteiger partial charge in [-0.3, -0.25) is 4.79 Å². The predicted octanol–water partition coefficient (Wildman–Crippen LogP) is 4.50. The maximum atomic E-state index is 13.0. The first kappa shape index (κ1) is 25.0. The Balaban J connectivity index is 1.85. The third-order valence-corrected chi connectivity index (χ3v) is 8.76. The van der Waals surface area contributed by atoms with Gasteiger partial charge in [0.1, 0.15) is 4.90 Å². The fourth-order valence-electron chi connectivity index (χ4n) is 4.04. The zero-order valence-corrected chi connectivity index (χ0v) is 20.6. The van der Waals surface area contributed by atoms with Gasteiger partial charge in [-0.15, -0.1) is 0 Å². The van der Waals surface area contributed by atoms with E-state index in [4.69, 9.17) is 27.9 Å². The van der Waals surface area contributed by atoms with Crippen LogP contribution in [0.15, 0.2) is 47.4 Å². The minimum Gasteiger partial charge on any atom is -0.381 e. The molecule has 1 amide bonds. The van der Waals surface area contributed by atoms with E-state index in [0.717, 1.165) is 18.4 Å². The molecule has 0 bridgehead atoms. The standard InChI is InChI=1S/C23H28Cl2N2O4S/c1-3-27(4-2)32(29,30)21-14-17(8-9-20(21)25)22(28)26-16-23(10-12-31-13-11-23)18-6-5-7-19(24)15-18/h5-9,14-15H,3-4,10-13,16H2,1-2H3,(H,26,28). The van der Waals surface area contributed by atoms with Crippen LogP contribution in [-0.2, 0) is 20.2 Å². The van der Waals surface area contributed by atoms with Gasteiger partial charge in [0.25, 0.3) is 5.91 Å². The Kier molecular flexibility index (Phi) is 8.22. The number of halogens is 2. The Bertz CT molecular complexity index is 1070. The maximum Gasteiger partial charge on any atom is 0.251 e. The lowest BCUT2D eigenvalue weighted by Gasteiger charge is -2.38. The molecule has 0 saturated carbocycles. The molecule has 174 valence electrons. The van der Waals surface area contributed by atoms with E-state index in [9.17, 15) is 13.2 Å². The number of carbonyl (C=O) groups is 1. The summed E-state index contributed by atoms with van der Waals surface area (Å²) in [6, 6.07) is 12.0. The summed E-state index contributed by atoms with van der Waals surface area (Å²) in [6.07, 6.45) is 1.49. The molecular weight excluding hydrogens is 471 g/mol. The largest absolute Gasteiger partial charge is 0.381 e. The molecule has 6 nitrogen and oxygen atoms in total. The summed E-state index contributed by atoms with van der Waals surface area (Å²) >= 11 is 12.4. The van der Waals surface area contributed by atoms with Crippen LogP contribution >= 0.6 is 23.2 Å². The van der Waals surface area contributed by atoms with Crippen LogP contribution in [0, 0.1) is 0 Å². The molecule has 32 heavy (non-hydrogen) atoms. The first-order valence-electron chi connectivity index (χ1n) is 10.6. The van der Waals surface area contributed by atoms with Gasteiger partial charge in [0.15, 0.2) is 0 Å². The Morgan fingerprint density at radius 1 is 1.09 bits per heavy atom. The molecule has 0 radical (unpaired) electrons. The summed E-state index contributed by atoms with van der Waals surface area (Å²) in [5.74, 6) is -0.356. The van der Waals surface area contributed by atoms with Gasteiger partial charge in [0, 0.05) is 48.8 Å². The predicted molar refractivity (Wildman–Crippen MR) is 127 cm³/mol. The molecule has 9 heteroatoms. The highest BCUT2D eigenvalue weighted by molar-refractivity contribution is 7.89. The summed E-state index contributed by atoms with van der Waals surface area (Å²) in [5, 5.41) is 3.73. The fraction of sp³-hybridized carbons (Fsp3) is 0.435. The second-order valence-corrected chi connectivity index (χ2v) is 10.6. The molecule has 1 heterocycles. The number of benzene rings is 2. The Morgan fingerprint density at radius 3 is 2.41 bits per heavy atom. The van der Waals surface area contributed by atoms with Crippen molar-refractivity contribution in [2.75, 3.05) is 32.8 Å². The lowest BCUT2D eigenvalue weighted by atomic mass is 9.74. The monoisotopic (exact) mass is 498 g/mol. The number of hydrogen-bond donors (Lipinski definition) is 1. The summed E-state index contributed by atoms with van der Waals surface area (Å²) < 4.78 is 32.8. The molecule has 0 aliphatic carbocycles. The highest BCUT2D eigenvalue weighted by Gasteiger charge is 2.35. The molecule has 0 atom stereocenters. The smallest absolute Gasteiger partial charge is 0.251 e. The van der Waals surface area contributed by atoms with E-state index in [1.54, 1.807) is 13.8 Å². The molecule has 0 spiro atoms. The van der Waals surface area contributed by atoms with Crippen molar-refractivity contribution in [3.8, 4) is 0 Å². The zero-order chi connectivity index (χ0) is 23.4. The second kappa shape index (κ2) is 10.5. The van der Waals surface area contributed by atoms with Crippen LogP contribution in [0.25, 0.3) is 0 Å². The van der Waals surface area contributed by atoms with Crippen LogP contribution < -0.4 is 5.32 Å². The summed E-state index contributed by atoms with van der Waals surface area (Å²) in [7, 11) is -3.79. The first-order chi connectivity index (χ1) is 15.2. The van der Waals surface area contributed by atoms with Crippen LogP contribution in [0.1, 0.15) is 42.6 Å². The van der Waals surface area contributed by atoms with Crippen LogP contribution in [0.4, 0.5) is 0 Å². The van der Waals surface area contributed by atoms with Gasteiger partial charge in [-0.1, -0.05) is 49.2 Å². The molecule has 1 aliphatic rings. The van der Waals surface area contributed by atoms with Crippen molar-refractivity contribution in [1.82, 2.24) is 9.62 Å². The molecule has 0 unspecified atom stereocenters. The SMILES string of the molecule is CCN(CC)S(=O)(=O)c1cc(C(=O)NCC2(c3cccc(Cl)c3)CCOCC2)ccc1Cl. The lowest BCUT2D eigenvalue weighted by Crippen LogP contribution is -2.44. The van der Waals surface area contributed by atoms with Crippen molar-refractivity contribution in [1.29, 1.82) is 0 Å². The van der Waals surface area contributed by atoms with Crippen molar-refractivity contribution < 1.29 is 17.9 Å². The molecule has 1 N–H and O–H groups in total. The Labute approximate surface area is 199 Å². The number of nitrogens with one attached hydrogen (secondary N) is 1. The molecular formula is C23H28Cl2N2O4S. The van der Waals surface area contributed by atoms with Gasteiger partial charge >= 0.3 is 0 Å². The number of ether oxygens (including phenoxy) is 1. The maximum absolute atomic E-state index is 13.0. The molecule has 1 saturated heterocycles. The first-order valence-corrected chi connectivity index (χ1v) is 12.8. The Hall–Kier alpha value is -1.64. The van der Waals surface area contributed by atoms with Crippen molar-refractivity contribution in [3.05, 3.63) is 63.6 Å². The minimum absolute atomic E-state index is 0.0638. The van der Waals surface area contributed by atoms with E-state index in [2.05, 4.69) is 5.32 Å². The van der Waals surface area contributed by atoms with E-state index in [0.29, 0.717) is 37.9 Å². The average molecular weight is 499 g/mol. The zero-order valence-electron chi connectivity index (χ0n) is 18.2. The number of carbonyl (C=O) groups excluding carboxylic acids is 1. The molecule has 2 aromatic carbocycles. The average Bonchev–Trinajstić information content (AvgIpc) is 2.79. The molecule has 0 aromatic heterocycles. The lowest BCUT2D eigenvalue weighted by molar-refractivity contribution is 0.0487. The van der Waals surface area contributed by atoms with E-state index in [-0.39, 0.29) is 26.8 Å². The normalized spacial score (nSPS) is 16.2. The van der Waals surface area contributed by atoms with Crippen molar-refractivity contribution >= 4 is 39.1 Å². The van der Waals surface area contributed by atoms with Gasteiger partial charge in [0.05, 0.1) is 5.02 Å². The molecule has 1 fully saturated rings. The Morgan fingerprint density at radius 2 is 1.78 bits per heavy atom. The highest BCUT2D eigenvalue weighted by Crippen LogP contribution is 2.35. The van der Waals surface area contributed by atoms with Crippen LogP contribution in [-0.4, -0.2) is 51.5 Å². The van der Waals surface area contributed by atoms with Gasteiger partial charge in [-0.25, -0.2) is 8.42 Å². The van der Waals surface area contributed by atoms with Crippen LogP contribution in [0.2, 0.25) is 10.0 Å². The van der Waals surface area contributed by atoms with Gasteiger partial charge < -0.3 is 10.1 Å². The fourth-order valence-corrected chi connectivity index (χ4v) is 6.19. The van der Waals surface area contributed by atoms with Crippen LogP contribution in [0.3, 0.4) is 0 Å². The van der Waals surface area contributed by atoms with Crippen molar-refractivity contribution in [3.63, 3.8) is 0 Å². The number of hydrogen-bond acceptors (Lipinski definition) is 4. The quantitative estimate of drug-likeness (QED) is 0.581. The van der Waals surface area contributed by atoms with Gasteiger partial charge in [-0.05, 0) is 48.7 Å². The summed E-state index contributed by atoms with van der Waals surface area (Å²) in [4.78, 5) is 12.9. The van der Waals surface area contributed by atoms with Crippen molar-refractivity contribution in [2.24, 2.45) is 0 Å². The molecule has 3 rings (SSSR count). The summed E-state index contributed by atoms with van der Waals surface area (Å²) in [6.45, 7) is 5.72. The van der Waals surface area contributed by atoms with Crippen LogP contribution in [0.5, 0.6) is 0 Å². The third-order valence-electron chi connectivity index (χ3n) is 5.99. The van der Waals surface area contributed by atoms with E-state index >= 15 is 0 Å². The van der Waals surface area contributed by atoms with E-state index in [1.807, 2.05) is 24.3 Å². The van der Waals surface area contributed by atoms with Gasteiger partial charge in [0.2, 0.25) is 10.0 Å². The van der Waals surface area contributed by atoms with E-state index in [1.165, 1.54) is 22.5 Å². The highest BCUT2D eigenvalue weighted by atomic mass is 35.5. The minimum atomic E-state index is -3.79. The summed E-state index contributed by atoms with van der Waals surface area (Å²) in [5.41, 5.74) is 0.990. The number of nitrogens with zero attached hydrogens (tertiary/aromatic N) is 1. The number of rotatable bonds is 8. The second-order valence-electron chi connectivity index (χ2n) is 7.82. The van der Waals surface area contributed by atoms with E-state index < -0.39 is 10.0 Å². The molecule has 2 aromatic rings. The van der Waals surface area contributed by atoms with Gasteiger partial charge in [-0.2, -0.15) is 4.31 Å². The topological polar surface area (TPSA) is 75.7 Å². The number of sulfonamides is 1. The number of amides is 1.